The molecule has 0 aromatic heterocycles. The highest BCUT2D eigenvalue weighted by Gasteiger charge is 2.33. The van der Waals surface area contributed by atoms with Crippen molar-refractivity contribution in [2.75, 3.05) is 10.7 Å². The van der Waals surface area contributed by atoms with Crippen LogP contribution < -0.4 is 5.32 Å². The summed E-state index contributed by atoms with van der Waals surface area (Å²) in [5.41, 5.74) is -0.167. The van der Waals surface area contributed by atoms with Gasteiger partial charge in [0.05, 0.1) is 5.54 Å². The van der Waals surface area contributed by atoms with E-state index in [1.165, 1.54) is 12.8 Å². The smallest absolute Gasteiger partial charge is 0.223 e. The first kappa shape index (κ1) is 13.5. The molecule has 0 aliphatic heterocycles. The lowest BCUT2D eigenvalue weighted by molar-refractivity contribution is -0.127. The standard InChI is InChI=1S/C11H19Br2NO/c1-8-4-3-5-9(8)10(15)14-11(2,6-12)7-13/h8-9H,3-7H2,1-2H3,(H,14,15). The second-order valence-electron chi connectivity index (χ2n) is 4.83. The van der Waals surface area contributed by atoms with Gasteiger partial charge in [-0.3, -0.25) is 4.79 Å². The molecule has 0 heterocycles. The van der Waals surface area contributed by atoms with Gasteiger partial charge in [0, 0.05) is 16.6 Å². The second-order valence-corrected chi connectivity index (χ2v) is 5.95. The SMILES string of the molecule is CC1CCCC1C(=O)NC(C)(CBr)CBr. The third kappa shape index (κ3) is 3.45. The maximum absolute atomic E-state index is 12.0. The van der Waals surface area contributed by atoms with Gasteiger partial charge in [-0.2, -0.15) is 0 Å². The number of amides is 1. The lowest BCUT2D eigenvalue weighted by atomic mass is 9.96. The molecule has 0 aromatic rings. The molecule has 4 heteroatoms. The number of hydrogen-bond acceptors (Lipinski definition) is 1. The number of carbonyl (C=O) groups excluding carboxylic acids is 1. The molecule has 0 aromatic carbocycles. The van der Waals surface area contributed by atoms with E-state index < -0.39 is 0 Å². The Balaban J connectivity index is 2.54. The molecule has 1 aliphatic rings. The molecule has 1 saturated carbocycles. The van der Waals surface area contributed by atoms with Crippen molar-refractivity contribution >= 4 is 37.8 Å². The first-order valence-corrected chi connectivity index (χ1v) is 7.70. The van der Waals surface area contributed by atoms with Crippen LogP contribution in [-0.2, 0) is 4.79 Å². The van der Waals surface area contributed by atoms with Gasteiger partial charge < -0.3 is 5.32 Å². The van der Waals surface area contributed by atoms with Gasteiger partial charge in [0.1, 0.15) is 0 Å². The van der Waals surface area contributed by atoms with Crippen LogP contribution in [0.15, 0.2) is 0 Å². The summed E-state index contributed by atoms with van der Waals surface area (Å²) in [6, 6.07) is 0. The Kier molecular flexibility index (Phi) is 5.10. The largest absolute Gasteiger partial charge is 0.349 e. The highest BCUT2D eigenvalue weighted by molar-refractivity contribution is 9.09. The molecule has 2 unspecified atom stereocenters. The zero-order chi connectivity index (χ0) is 11.5. The minimum Gasteiger partial charge on any atom is -0.349 e. The first-order valence-electron chi connectivity index (χ1n) is 5.46. The molecular formula is C11H19Br2NO. The number of halogens is 2. The molecule has 0 radical (unpaired) electrons. The zero-order valence-electron chi connectivity index (χ0n) is 9.35. The molecule has 2 nitrogen and oxygen atoms in total. The first-order chi connectivity index (χ1) is 7.02. The van der Waals surface area contributed by atoms with Crippen LogP contribution in [0.2, 0.25) is 0 Å². The fourth-order valence-corrected chi connectivity index (χ4v) is 3.24. The fourth-order valence-electron chi connectivity index (χ4n) is 2.03. The minimum absolute atomic E-state index is 0.167. The van der Waals surface area contributed by atoms with Crippen molar-refractivity contribution in [1.29, 1.82) is 0 Å². The number of rotatable bonds is 4. The van der Waals surface area contributed by atoms with Gasteiger partial charge in [0.15, 0.2) is 0 Å². The summed E-state index contributed by atoms with van der Waals surface area (Å²) in [7, 11) is 0. The second kappa shape index (κ2) is 5.67. The highest BCUT2D eigenvalue weighted by atomic mass is 79.9. The van der Waals surface area contributed by atoms with E-state index in [9.17, 15) is 4.79 Å². The predicted molar refractivity (Wildman–Crippen MR) is 70.6 cm³/mol. The molecule has 0 bridgehead atoms. The lowest BCUT2D eigenvalue weighted by Gasteiger charge is -2.29. The van der Waals surface area contributed by atoms with E-state index in [4.69, 9.17) is 0 Å². The summed E-state index contributed by atoms with van der Waals surface area (Å²) >= 11 is 6.88. The summed E-state index contributed by atoms with van der Waals surface area (Å²) in [5.74, 6) is 0.990. The van der Waals surface area contributed by atoms with Gasteiger partial charge in [-0.05, 0) is 25.7 Å². The van der Waals surface area contributed by atoms with E-state index in [1.807, 2.05) is 6.92 Å². The number of alkyl halides is 2. The monoisotopic (exact) mass is 339 g/mol. The van der Waals surface area contributed by atoms with Crippen LogP contribution in [0.1, 0.15) is 33.1 Å². The Morgan fingerprint density at radius 3 is 2.40 bits per heavy atom. The normalized spacial score (nSPS) is 26.7. The van der Waals surface area contributed by atoms with Crippen LogP contribution in [0.3, 0.4) is 0 Å². The van der Waals surface area contributed by atoms with Gasteiger partial charge >= 0.3 is 0 Å². The van der Waals surface area contributed by atoms with Gasteiger partial charge in [0.2, 0.25) is 5.91 Å². The van der Waals surface area contributed by atoms with Crippen LogP contribution in [0, 0.1) is 11.8 Å². The van der Waals surface area contributed by atoms with E-state index in [0.29, 0.717) is 5.92 Å². The third-order valence-electron chi connectivity index (χ3n) is 3.21. The van der Waals surface area contributed by atoms with Crippen molar-refractivity contribution in [2.24, 2.45) is 11.8 Å². The van der Waals surface area contributed by atoms with Crippen molar-refractivity contribution in [1.82, 2.24) is 5.32 Å². The van der Waals surface area contributed by atoms with E-state index in [1.54, 1.807) is 0 Å². The van der Waals surface area contributed by atoms with Crippen molar-refractivity contribution < 1.29 is 4.79 Å². The number of nitrogens with one attached hydrogen (secondary N) is 1. The molecule has 1 rings (SSSR count). The highest BCUT2D eigenvalue weighted by Crippen LogP contribution is 2.31. The van der Waals surface area contributed by atoms with E-state index >= 15 is 0 Å². The molecule has 1 aliphatic carbocycles. The average molecular weight is 341 g/mol. The topological polar surface area (TPSA) is 29.1 Å². The van der Waals surface area contributed by atoms with Crippen molar-refractivity contribution in [2.45, 2.75) is 38.6 Å². The Morgan fingerprint density at radius 1 is 1.40 bits per heavy atom. The summed E-state index contributed by atoms with van der Waals surface area (Å²) in [5, 5.41) is 4.68. The average Bonchev–Trinajstić information content (AvgIpc) is 2.64. The van der Waals surface area contributed by atoms with Gasteiger partial charge in [-0.25, -0.2) is 0 Å². The van der Waals surface area contributed by atoms with Crippen molar-refractivity contribution in [3.05, 3.63) is 0 Å². The molecule has 1 fully saturated rings. The molecule has 1 N–H and O–H groups in total. The van der Waals surface area contributed by atoms with E-state index in [0.717, 1.165) is 17.1 Å². The van der Waals surface area contributed by atoms with Gasteiger partial charge in [-0.15, -0.1) is 0 Å². The molecule has 88 valence electrons. The lowest BCUT2D eigenvalue weighted by Crippen LogP contribution is -2.51. The fraction of sp³-hybridized carbons (Fsp3) is 0.909. The maximum Gasteiger partial charge on any atom is 0.223 e. The summed E-state index contributed by atoms with van der Waals surface area (Å²) < 4.78 is 0. The Hall–Kier alpha value is 0.430. The Bertz CT molecular complexity index is 229. The molecule has 15 heavy (non-hydrogen) atoms. The van der Waals surface area contributed by atoms with Gasteiger partial charge in [0.25, 0.3) is 0 Å². The van der Waals surface area contributed by atoms with Crippen molar-refractivity contribution in [3.63, 3.8) is 0 Å². The number of hydrogen-bond donors (Lipinski definition) is 1. The summed E-state index contributed by atoms with van der Waals surface area (Å²) in [6.07, 6.45) is 3.43. The summed E-state index contributed by atoms with van der Waals surface area (Å²) in [6.45, 7) is 4.23. The van der Waals surface area contributed by atoms with Crippen LogP contribution >= 0.6 is 31.9 Å². The maximum atomic E-state index is 12.0. The van der Waals surface area contributed by atoms with Crippen molar-refractivity contribution in [3.8, 4) is 0 Å². The van der Waals surface area contributed by atoms with Crippen LogP contribution in [0.25, 0.3) is 0 Å². The van der Waals surface area contributed by atoms with Crippen LogP contribution in [0.5, 0.6) is 0 Å². The Morgan fingerprint density at radius 2 is 2.00 bits per heavy atom. The van der Waals surface area contributed by atoms with Crippen LogP contribution in [0.4, 0.5) is 0 Å². The van der Waals surface area contributed by atoms with Crippen LogP contribution in [-0.4, -0.2) is 22.1 Å². The zero-order valence-corrected chi connectivity index (χ0v) is 12.5. The molecular weight excluding hydrogens is 322 g/mol. The van der Waals surface area contributed by atoms with Gasteiger partial charge in [-0.1, -0.05) is 45.2 Å². The minimum atomic E-state index is -0.167. The third-order valence-corrected chi connectivity index (χ3v) is 5.69. The Labute approximate surface area is 109 Å². The molecule has 1 amide bonds. The van der Waals surface area contributed by atoms with E-state index in [2.05, 4.69) is 44.1 Å². The van der Waals surface area contributed by atoms with E-state index in [-0.39, 0.29) is 17.4 Å². The molecule has 0 spiro atoms. The molecule has 0 saturated heterocycles. The predicted octanol–water partition coefficient (Wildman–Crippen LogP) is 3.09. The quantitative estimate of drug-likeness (QED) is 0.783. The summed E-state index contributed by atoms with van der Waals surface area (Å²) in [4.78, 5) is 12.0. The molecule has 2 atom stereocenters. The number of carbonyl (C=O) groups is 1.